The molecule has 4 nitrogen and oxygen atoms in total. The second-order valence-electron chi connectivity index (χ2n) is 4.96. The van der Waals surface area contributed by atoms with Crippen molar-refractivity contribution in [3.05, 3.63) is 78.4 Å². The molecule has 0 fully saturated rings. The normalized spacial score (nSPS) is 11.1. The van der Waals surface area contributed by atoms with E-state index in [2.05, 4.69) is 5.10 Å². The zero-order valence-corrected chi connectivity index (χ0v) is 12.4. The monoisotopic (exact) mass is 291 g/mol. The third-order valence-corrected chi connectivity index (χ3v) is 3.46. The molecule has 110 valence electrons. The molecule has 0 bridgehead atoms. The number of rotatable bonds is 5. The Morgan fingerprint density at radius 1 is 1.18 bits per heavy atom. The van der Waals surface area contributed by atoms with Gasteiger partial charge in [-0.2, -0.15) is 5.10 Å². The summed E-state index contributed by atoms with van der Waals surface area (Å²) >= 11 is 0. The van der Waals surface area contributed by atoms with Crippen molar-refractivity contribution in [1.82, 2.24) is 14.3 Å². The zero-order valence-electron chi connectivity index (χ0n) is 12.4. The Bertz CT molecular complexity index is 780. The molecular formula is C18H17N3O. The summed E-state index contributed by atoms with van der Waals surface area (Å²) in [7, 11) is 0. The van der Waals surface area contributed by atoms with Crippen LogP contribution in [-0.2, 0) is 6.54 Å². The molecule has 3 aromatic rings. The molecule has 4 heteroatoms. The number of hydrogen-bond donors (Lipinski definition) is 0. The zero-order chi connectivity index (χ0) is 15.4. The second-order valence-corrected chi connectivity index (χ2v) is 4.96. The summed E-state index contributed by atoms with van der Waals surface area (Å²) in [5.74, 6) is -0.0108. The number of hydrogen-bond acceptors (Lipinski definition) is 2. The quantitative estimate of drug-likeness (QED) is 0.532. The maximum absolute atomic E-state index is 12.2. The fourth-order valence-electron chi connectivity index (χ4n) is 2.21. The number of nitrogens with zero attached hydrogens (tertiary/aromatic N) is 3. The van der Waals surface area contributed by atoms with Gasteiger partial charge in [-0.15, -0.1) is 0 Å². The van der Waals surface area contributed by atoms with E-state index in [4.69, 9.17) is 0 Å². The number of carbonyl (C=O) groups excluding carboxylic acids is 1. The van der Waals surface area contributed by atoms with Gasteiger partial charge in [0, 0.05) is 41.9 Å². The lowest BCUT2D eigenvalue weighted by Crippen LogP contribution is -1.96. The largest absolute Gasteiger partial charge is 0.324 e. The standard InChI is InChI=1S/C18H17N3O/c1-2-21-14-15(13-19-21)5-10-18(22)16-6-8-17(9-7-16)20-11-3-4-12-20/h3-14H,2H2,1H3/b10-5+. The summed E-state index contributed by atoms with van der Waals surface area (Å²) in [5, 5.41) is 4.18. The van der Waals surface area contributed by atoms with Crippen molar-refractivity contribution < 1.29 is 4.79 Å². The minimum atomic E-state index is -0.0108. The smallest absolute Gasteiger partial charge is 0.185 e. The van der Waals surface area contributed by atoms with Crippen LogP contribution in [0.3, 0.4) is 0 Å². The Labute approximate surface area is 129 Å². The highest BCUT2D eigenvalue weighted by Crippen LogP contribution is 2.11. The molecule has 0 N–H and O–H groups in total. The van der Waals surface area contributed by atoms with Crippen LogP contribution >= 0.6 is 0 Å². The molecule has 0 aliphatic heterocycles. The highest BCUT2D eigenvalue weighted by Gasteiger charge is 2.03. The molecule has 22 heavy (non-hydrogen) atoms. The van der Waals surface area contributed by atoms with Crippen molar-refractivity contribution in [3.63, 3.8) is 0 Å². The van der Waals surface area contributed by atoms with Crippen molar-refractivity contribution in [2.75, 3.05) is 0 Å². The molecule has 0 saturated carbocycles. The van der Waals surface area contributed by atoms with E-state index in [1.54, 1.807) is 18.3 Å². The predicted molar refractivity (Wildman–Crippen MR) is 87.0 cm³/mol. The van der Waals surface area contributed by atoms with E-state index >= 15 is 0 Å². The average molecular weight is 291 g/mol. The number of ketones is 1. The lowest BCUT2D eigenvalue weighted by molar-refractivity contribution is 0.104. The summed E-state index contributed by atoms with van der Waals surface area (Å²) in [6.07, 6.45) is 11.0. The Kier molecular flexibility index (Phi) is 4.01. The predicted octanol–water partition coefficient (Wildman–Crippen LogP) is 3.59. The number of carbonyl (C=O) groups is 1. The molecule has 0 aliphatic rings. The summed E-state index contributed by atoms with van der Waals surface area (Å²) in [6.45, 7) is 2.85. The molecule has 0 radical (unpaired) electrons. The first-order valence-electron chi connectivity index (χ1n) is 7.24. The number of aryl methyl sites for hydroxylation is 1. The van der Waals surface area contributed by atoms with Crippen LogP contribution in [0.1, 0.15) is 22.8 Å². The van der Waals surface area contributed by atoms with Gasteiger partial charge in [-0.3, -0.25) is 9.48 Å². The van der Waals surface area contributed by atoms with Gasteiger partial charge in [0.15, 0.2) is 5.78 Å². The van der Waals surface area contributed by atoms with E-state index in [0.29, 0.717) is 5.56 Å². The van der Waals surface area contributed by atoms with Crippen LogP contribution in [-0.4, -0.2) is 20.1 Å². The van der Waals surface area contributed by atoms with E-state index in [9.17, 15) is 4.79 Å². The van der Waals surface area contributed by atoms with Crippen molar-refractivity contribution in [2.45, 2.75) is 13.5 Å². The van der Waals surface area contributed by atoms with Crippen molar-refractivity contribution in [1.29, 1.82) is 0 Å². The molecule has 0 spiro atoms. The first-order chi connectivity index (χ1) is 10.8. The minimum Gasteiger partial charge on any atom is -0.324 e. The Balaban J connectivity index is 1.72. The molecular weight excluding hydrogens is 274 g/mol. The molecule has 0 saturated heterocycles. The number of benzene rings is 1. The van der Waals surface area contributed by atoms with E-state index in [1.807, 2.05) is 71.2 Å². The molecule has 3 rings (SSSR count). The van der Waals surface area contributed by atoms with Crippen LogP contribution < -0.4 is 0 Å². The molecule has 0 amide bonds. The molecule has 0 unspecified atom stereocenters. The van der Waals surface area contributed by atoms with E-state index < -0.39 is 0 Å². The topological polar surface area (TPSA) is 39.8 Å². The summed E-state index contributed by atoms with van der Waals surface area (Å²) in [5.41, 5.74) is 2.64. The third kappa shape index (κ3) is 3.06. The average Bonchev–Trinajstić information content (AvgIpc) is 3.24. The van der Waals surface area contributed by atoms with Crippen LogP contribution in [0, 0.1) is 0 Å². The highest BCUT2D eigenvalue weighted by molar-refractivity contribution is 6.06. The Hall–Kier alpha value is -2.88. The van der Waals surface area contributed by atoms with Gasteiger partial charge in [-0.25, -0.2) is 0 Å². The fraction of sp³-hybridized carbons (Fsp3) is 0.111. The number of aromatic nitrogens is 3. The first kappa shape index (κ1) is 14.1. The third-order valence-electron chi connectivity index (χ3n) is 3.46. The van der Waals surface area contributed by atoms with E-state index in [0.717, 1.165) is 17.8 Å². The number of allylic oxidation sites excluding steroid dienone is 1. The lowest BCUT2D eigenvalue weighted by Gasteiger charge is -2.03. The van der Waals surface area contributed by atoms with Crippen LogP contribution in [0.25, 0.3) is 11.8 Å². The molecule has 2 heterocycles. The van der Waals surface area contributed by atoms with Crippen LogP contribution in [0.15, 0.2) is 67.3 Å². The van der Waals surface area contributed by atoms with Gasteiger partial charge >= 0.3 is 0 Å². The maximum atomic E-state index is 12.2. The highest BCUT2D eigenvalue weighted by atomic mass is 16.1. The molecule has 0 aliphatic carbocycles. The summed E-state index contributed by atoms with van der Waals surface area (Å²) in [4.78, 5) is 12.2. The van der Waals surface area contributed by atoms with Gasteiger partial charge in [-0.1, -0.05) is 0 Å². The van der Waals surface area contributed by atoms with Crippen molar-refractivity contribution in [3.8, 4) is 5.69 Å². The van der Waals surface area contributed by atoms with E-state index in [1.165, 1.54) is 0 Å². The maximum Gasteiger partial charge on any atom is 0.185 e. The van der Waals surface area contributed by atoms with Gasteiger partial charge in [0.1, 0.15) is 0 Å². The van der Waals surface area contributed by atoms with Gasteiger partial charge < -0.3 is 4.57 Å². The lowest BCUT2D eigenvalue weighted by atomic mass is 10.1. The van der Waals surface area contributed by atoms with Crippen LogP contribution in [0.5, 0.6) is 0 Å². The van der Waals surface area contributed by atoms with Crippen LogP contribution in [0.2, 0.25) is 0 Å². The van der Waals surface area contributed by atoms with Gasteiger partial charge in [-0.05, 0) is 55.5 Å². The van der Waals surface area contributed by atoms with Gasteiger partial charge in [0.05, 0.1) is 6.20 Å². The van der Waals surface area contributed by atoms with Gasteiger partial charge in [0.2, 0.25) is 0 Å². The van der Waals surface area contributed by atoms with Crippen LogP contribution in [0.4, 0.5) is 0 Å². The SMILES string of the molecule is CCn1cc(/C=C/C(=O)c2ccc(-n3cccc3)cc2)cn1. The summed E-state index contributed by atoms with van der Waals surface area (Å²) in [6, 6.07) is 11.5. The molecule has 0 atom stereocenters. The van der Waals surface area contributed by atoms with Crippen molar-refractivity contribution >= 4 is 11.9 Å². The van der Waals surface area contributed by atoms with Crippen molar-refractivity contribution in [2.24, 2.45) is 0 Å². The van der Waals surface area contributed by atoms with E-state index in [-0.39, 0.29) is 5.78 Å². The minimum absolute atomic E-state index is 0.0108. The fourth-order valence-corrected chi connectivity index (χ4v) is 2.21. The first-order valence-corrected chi connectivity index (χ1v) is 7.24. The molecule has 2 aromatic heterocycles. The molecule has 1 aromatic carbocycles. The second kappa shape index (κ2) is 6.26. The Morgan fingerprint density at radius 2 is 1.91 bits per heavy atom. The Morgan fingerprint density at radius 3 is 2.55 bits per heavy atom. The summed E-state index contributed by atoms with van der Waals surface area (Å²) < 4.78 is 3.83. The van der Waals surface area contributed by atoms with Gasteiger partial charge in [0.25, 0.3) is 0 Å².